The number of benzene rings is 2. The predicted molar refractivity (Wildman–Crippen MR) is 119 cm³/mol. The Bertz CT molecular complexity index is 1140. The van der Waals surface area contributed by atoms with Gasteiger partial charge in [-0.1, -0.05) is 29.8 Å². The van der Waals surface area contributed by atoms with Crippen LogP contribution < -0.4 is 4.90 Å². The Balaban J connectivity index is 1.56. The van der Waals surface area contributed by atoms with Crippen molar-refractivity contribution in [3.63, 3.8) is 0 Å². The molecule has 8 heteroatoms. The lowest BCUT2D eigenvalue weighted by molar-refractivity contribution is 0.384. The van der Waals surface area contributed by atoms with Crippen LogP contribution >= 0.6 is 22.9 Å². The van der Waals surface area contributed by atoms with Gasteiger partial charge in [0.15, 0.2) is 0 Å². The van der Waals surface area contributed by atoms with Crippen molar-refractivity contribution in [3.05, 3.63) is 63.4 Å². The molecule has 0 unspecified atom stereocenters. The minimum Gasteiger partial charge on any atom is -0.369 e. The summed E-state index contributed by atoms with van der Waals surface area (Å²) in [4.78, 5) is 7.01. The summed E-state index contributed by atoms with van der Waals surface area (Å²) < 4.78 is 28.3. The van der Waals surface area contributed by atoms with E-state index in [0.717, 1.165) is 27.5 Å². The average Bonchev–Trinajstić information content (AvgIpc) is 3.14. The summed E-state index contributed by atoms with van der Waals surface area (Å²) in [5.74, 6) is 0. The number of thiazole rings is 1. The van der Waals surface area contributed by atoms with Crippen LogP contribution in [0.3, 0.4) is 0 Å². The average molecular weight is 448 g/mol. The molecular formula is C21H22ClN3O2S2. The van der Waals surface area contributed by atoms with Gasteiger partial charge in [-0.15, -0.1) is 11.3 Å². The molecule has 1 aliphatic heterocycles. The Kier molecular flexibility index (Phi) is 5.66. The van der Waals surface area contributed by atoms with Crippen LogP contribution in [0.2, 0.25) is 5.02 Å². The van der Waals surface area contributed by atoms with Crippen molar-refractivity contribution in [2.75, 3.05) is 31.1 Å². The fourth-order valence-electron chi connectivity index (χ4n) is 3.53. The molecule has 0 saturated carbocycles. The molecule has 0 bridgehead atoms. The van der Waals surface area contributed by atoms with Gasteiger partial charge < -0.3 is 4.90 Å². The number of halogens is 1. The number of rotatable bonds is 4. The van der Waals surface area contributed by atoms with Crippen LogP contribution in [0.25, 0.3) is 11.3 Å². The first-order valence-corrected chi connectivity index (χ1v) is 12.1. The third-order valence-electron chi connectivity index (χ3n) is 5.13. The van der Waals surface area contributed by atoms with Gasteiger partial charge in [-0.05, 0) is 43.7 Å². The molecule has 1 aromatic heterocycles. The molecule has 1 fully saturated rings. The van der Waals surface area contributed by atoms with E-state index in [-0.39, 0.29) is 0 Å². The SMILES string of the molecule is Cc1nc(-c2ccc(C)c(S(=O)(=O)N3CCN(c4cccc(Cl)c4)CC3)c2)cs1. The van der Waals surface area contributed by atoms with E-state index in [9.17, 15) is 8.42 Å². The third kappa shape index (κ3) is 4.19. The number of sulfonamides is 1. The summed E-state index contributed by atoms with van der Waals surface area (Å²) in [6.45, 7) is 5.92. The highest BCUT2D eigenvalue weighted by molar-refractivity contribution is 7.89. The smallest absolute Gasteiger partial charge is 0.243 e. The maximum Gasteiger partial charge on any atom is 0.243 e. The summed E-state index contributed by atoms with van der Waals surface area (Å²) in [7, 11) is -3.57. The molecule has 2 aromatic carbocycles. The number of piperazine rings is 1. The van der Waals surface area contributed by atoms with E-state index in [1.807, 2.05) is 55.6 Å². The molecule has 4 rings (SSSR count). The van der Waals surface area contributed by atoms with E-state index in [4.69, 9.17) is 11.6 Å². The summed E-state index contributed by atoms with van der Waals surface area (Å²) in [5, 5.41) is 3.60. The van der Waals surface area contributed by atoms with Gasteiger partial charge in [-0.2, -0.15) is 4.31 Å². The highest BCUT2D eigenvalue weighted by Crippen LogP contribution is 2.29. The van der Waals surface area contributed by atoms with Crippen molar-refractivity contribution in [3.8, 4) is 11.3 Å². The van der Waals surface area contributed by atoms with Gasteiger partial charge >= 0.3 is 0 Å². The Morgan fingerprint density at radius 3 is 2.45 bits per heavy atom. The van der Waals surface area contributed by atoms with Crippen LogP contribution in [-0.2, 0) is 10.0 Å². The highest BCUT2D eigenvalue weighted by atomic mass is 35.5. The zero-order valence-electron chi connectivity index (χ0n) is 16.3. The Morgan fingerprint density at radius 2 is 1.79 bits per heavy atom. The van der Waals surface area contributed by atoms with Gasteiger partial charge in [0.2, 0.25) is 10.0 Å². The molecule has 29 heavy (non-hydrogen) atoms. The maximum absolute atomic E-state index is 13.4. The molecule has 1 aliphatic rings. The quantitative estimate of drug-likeness (QED) is 0.586. The van der Waals surface area contributed by atoms with E-state index in [1.54, 1.807) is 21.7 Å². The number of aromatic nitrogens is 1. The van der Waals surface area contributed by atoms with Gasteiger partial charge in [0, 0.05) is 47.8 Å². The fraction of sp³-hybridized carbons (Fsp3) is 0.286. The molecule has 0 aliphatic carbocycles. The number of hydrogen-bond donors (Lipinski definition) is 0. The fourth-order valence-corrected chi connectivity index (χ4v) is 6.01. The van der Waals surface area contributed by atoms with Crippen LogP contribution in [-0.4, -0.2) is 43.9 Å². The van der Waals surface area contributed by atoms with Crippen LogP contribution in [0.1, 0.15) is 10.6 Å². The molecule has 1 saturated heterocycles. The molecule has 0 N–H and O–H groups in total. The minimum absolute atomic E-state index is 0.358. The molecule has 3 aromatic rings. The van der Waals surface area contributed by atoms with Crippen molar-refractivity contribution in [1.29, 1.82) is 0 Å². The maximum atomic E-state index is 13.4. The normalized spacial score (nSPS) is 15.6. The van der Waals surface area contributed by atoms with Crippen molar-refractivity contribution in [1.82, 2.24) is 9.29 Å². The van der Waals surface area contributed by atoms with Crippen molar-refractivity contribution >= 4 is 38.6 Å². The van der Waals surface area contributed by atoms with Crippen LogP contribution in [0.4, 0.5) is 5.69 Å². The molecule has 0 spiro atoms. The zero-order chi connectivity index (χ0) is 20.6. The topological polar surface area (TPSA) is 53.5 Å². The van der Waals surface area contributed by atoms with Crippen LogP contribution in [0, 0.1) is 13.8 Å². The lowest BCUT2D eigenvalue weighted by Crippen LogP contribution is -2.48. The van der Waals surface area contributed by atoms with Gasteiger partial charge in [-0.25, -0.2) is 13.4 Å². The largest absolute Gasteiger partial charge is 0.369 e. The van der Waals surface area contributed by atoms with Gasteiger partial charge in [0.05, 0.1) is 15.6 Å². The monoisotopic (exact) mass is 447 g/mol. The predicted octanol–water partition coefficient (Wildman–Crippen LogP) is 4.59. The molecule has 0 atom stereocenters. The van der Waals surface area contributed by atoms with E-state index < -0.39 is 10.0 Å². The second-order valence-corrected chi connectivity index (χ2v) is 10.5. The van der Waals surface area contributed by atoms with E-state index in [1.165, 1.54) is 0 Å². The van der Waals surface area contributed by atoms with Crippen LogP contribution in [0.5, 0.6) is 0 Å². The standard InChI is InChI=1S/C21H22ClN3O2S2/c1-15-6-7-17(20-14-28-16(2)23-20)12-21(15)29(26,27)25-10-8-24(9-11-25)19-5-3-4-18(22)13-19/h3-7,12-14H,8-11H2,1-2H3. The van der Waals surface area contributed by atoms with Crippen molar-refractivity contribution in [2.24, 2.45) is 0 Å². The molecule has 152 valence electrons. The van der Waals surface area contributed by atoms with Gasteiger partial charge in [0.1, 0.15) is 0 Å². The number of anilines is 1. The van der Waals surface area contributed by atoms with Crippen LogP contribution in [0.15, 0.2) is 52.7 Å². The third-order valence-corrected chi connectivity index (χ3v) is 8.18. The van der Waals surface area contributed by atoms with E-state index in [0.29, 0.717) is 36.1 Å². The highest BCUT2D eigenvalue weighted by Gasteiger charge is 2.30. The molecular weight excluding hydrogens is 426 g/mol. The molecule has 5 nitrogen and oxygen atoms in total. The summed E-state index contributed by atoms with van der Waals surface area (Å²) in [5.41, 5.74) is 3.41. The molecule has 0 radical (unpaired) electrons. The second kappa shape index (κ2) is 8.07. The number of nitrogens with zero attached hydrogens (tertiary/aromatic N) is 3. The zero-order valence-corrected chi connectivity index (χ0v) is 18.7. The Morgan fingerprint density at radius 1 is 1.03 bits per heavy atom. The minimum atomic E-state index is -3.57. The van der Waals surface area contributed by atoms with Crippen molar-refractivity contribution < 1.29 is 8.42 Å². The van der Waals surface area contributed by atoms with E-state index >= 15 is 0 Å². The summed E-state index contributed by atoms with van der Waals surface area (Å²) in [6, 6.07) is 13.2. The molecule has 0 amide bonds. The summed E-state index contributed by atoms with van der Waals surface area (Å²) in [6.07, 6.45) is 0. The summed E-state index contributed by atoms with van der Waals surface area (Å²) >= 11 is 7.65. The molecule has 2 heterocycles. The van der Waals surface area contributed by atoms with E-state index in [2.05, 4.69) is 9.88 Å². The lowest BCUT2D eigenvalue weighted by Gasteiger charge is -2.35. The van der Waals surface area contributed by atoms with Gasteiger partial charge in [-0.3, -0.25) is 0 Å². The first-order valence-electron chi connectivity index (χ1n) is 9.38. The lowest BCUT2D eigenvalue weighted by atomic mass is 10.1. The number of hydrogen-bond acceptors (Lipinski definition) is 5. The van der Waals surface area contributed by atoms with Crippen molar-refractivity contribution in [2.45, 2.75) is 18.7 Å². The number of aryl methyl sites for hydroxylation is 2. The van der Waals surface area contributed by atoms with Gasteiger partial charge in [0.25, 0.3) is 0 Å². The first-order chi connectivity index (χ1) is 13.8. The Hall–Kier alpha value is -1.93. The first kappa shape index (κ1) is 20.3. The Labute approximate surface area is 180 Å². The second-order valence-electron chi connectivity index (χ2n) is 7.10.